The highest BCUT2D eigenvalue weighted by atomic mass is 35.5. The van der Waals surface area contributed by atoms with Gasteiger partial charge in [0.05, 0.1) is 0 Å². The lowest BCUT2D eigenvalue weighted by Crippen LogP contribution is -2.37. The maximum absolute atomic E-state index is 12.6. The number of carbonyl (C=O) groups excluding carboxylic acids is 1. The number of halogens is 1. The van der Waals surface area contributed by atoms with Gasteiger partial charge in [-0.2, -0.15) is 0 Å². The Morgan fingerprint density at radius 3 is 2.54 bits per heavy atom. The molecule has 0 aliphatic rings. The molecule has 3 rings (SSSR count). The van der Waals surface area contributed by atoms with Crippen LogP contribution in [0.3, 0.4) is 0 Å². The maximum Gasteiger partial charge on any atom is 0.287 e. The van der Waals surface area contributed by atoms with Crippen LogP contribution in [0.15, 0.2) is 59.0 Å². The van der Waals surface area contributed by atoms with E-state index in [1.165, 1.54) is 0 Å². The summed E-state index contributed by atoms with van der Waals surface area (Å²) < 4.78 is 11.6. The fraction of sp³-hybridized carbons (Fsp3) is 0.250. The van der Waals surface area contributed by atoms with Gasteiger partial charge in [-0.05, 0) is 32.2 Å². The van der Waals surface area contributed by atoms with E-state index in [-0.39, 0.29) is 31.0 Å². The number of hydrogen-bond acceptors (Lipinski definition) is 4. The van der Waals surface area contributed by atoms with Crippen LogP contribution >= 0.6 is 12.4 Å². The molecule has 2 aromatic carbocycles. The van der Waals surface area contributed by atoms with E-state index in [2.05, 4.69) is 10.6 Å². The maximum atomic E-state index is 12.6. The number of fused-ring (bicyclic) bond motifs is 1. The molecule has 1 atom stereocenters. The molecule has 1 unspecified atom stereocenters. The van der Waals surface area contributed by atoms with Crippen LogP contribution in [-0.2, 0) is 6.61 Å². The largest absolute Gasteiger partial charge is 0.489 e. The Labute approximate surface area is 159 Å². The first-order valence-electron chi connectivity index (χ1n) is 8.32. The van der Waals surface area contributed by atoms with Gasteiger partial charge in [-0.3, -0.25) is 4.79 Å². The lowest BCUT2D eigenvalue weighted by atomic mass is 10.1. The van der Waals surface area contributed by atoms with Crippen molar-refractivity contribution in [1.82, 2.24) is 10.6 Å². The zero-order chi connectivity index (χ0) is 17.6. The SMILES string of the molecule is CNC(C)CNC(=O)c1oc2ccccc2c1COc1ccccc1.Cl. The predicted molar refractivity (Wildman–Crippen MR) is 105 cm³/mol. The van der Waals surface area contributed by atoms with Gasteiger partial charge in [0.15, 0.2) is 5.76 Å². The Balaban J connectivity index is 0.00000243. The minimum atomic E-state index is -0.232. The summed E-state index contributed by atoms with van der Waals surface area (Å²) in [6.45, 7) is 2.79. The van der Waals surface area contributed by atoms with Crippen LogP contribution in [0.4, 0.5) is 0 Å². The van der Waals surface area contributed by atoms with Gasteiger partial charge in [0, 0.05) is 23.5 Å². The van der Waals surface area contributed by atoms with Gasteiger partial charge >= 0.3 is 0 Å². The molecule has 1 heterocycles. The molecule has 0 aliphatic carbocycles. The van der Waals surface area contributed by atoms with Crippen molar-refractivity contribution < 1.29 is 13.9 Å². The highest BCUT2D eigenvalue weighted by molar-refractivity contribution is 5.99. The van der Waals surface area contributed by atoms with Crippen LogP contribution in [0.5, 0.6) is 5.75 Å². The van der Waals surface area contributed by atoms with Crippen molar-refractivity contribution in [2.45, 2.75) is 19.6 Å². The molecule has 0 radical (unpaired) electrons. The number of nitrogens with one attached hydrogen (secondary N) is 2. The average Bonchev–Trinajstić information content (AvgIpc) is 3.03. The van der Waals surface area contributed by atoms with Crippen LogP contribution in [0, 0.1) is 0 Å². The van der Waals surface area contributed by atoms with Crippen molar-refractivity contribution in [3.8, 4) is 5.75 Å². The van der Waals surface area contributed by atoms with E-state index < -0.39 is 0 Å². The minimum absolute atomic E-state index is 0. The number of hydrogen-bond donors (Lipinski definition) is 2. The van der Waals surface area contributed by atoms with Crippen LogP contribution < -0.4 is 15.4 Å². The molecule has 1 aromatic heterocycles. The number of carbonyl (C=O) groups is 1. The Morgan fingerprint density at radius 2 is 1.81 bits per heavy atom. The lowest BCUT2D eigenvalue weighted by Gasteiger charge is -2.11. The van der Waals surface area contributed by atoms with Crippen LogP contribution in [0.1, 0.15) is 23.0 Å². The number of rotatable bonds is 7. The van der Waals surface area contributed by atoms with Crippen LogP contribution in [0.25, 0.3) is 11.0 Å². The minimum Gasteiger partial charge on any atom is -0.489 e. The summed E-state index contributed by atoms with van der Waals surface area (Å²) in [7, 11) is 1.86. The first kappa shape index (κ1) is 19.8. The van der Waals surface area contributed by atoms with Gasteiger partial charge in [0.1, 0.15) is 17.9 Å². The smallest absolute Gasteiger partial charge is 0.287 e. The Bertz CT molecular complexity index is 849. The molecule has 26 heavy (non-hydrogen) atoms. The van der Waals surface area contributed by atoms with Crippen molar-refractivity contribution in [3.05, 3.63) is 65.9 Å². The van der Waals surface area contributed by atoms with Crippen molar-refractivity contribution >= 4 is 29.3 Å². The molecule has 0 saturated carbocycles. The van der Waals surface area contributed by atoms with Gasteiger partial charge in [-0.25, -0.2) is 0 Å². The molecule has 0 aliphatic heterocycles. The molecule has 1 amide bonds. The molecule has 0 fully saturated rings. The highest BCUT2D eigenvalue weighted by Gasteiger charge is 2.21. The third-order valence-electron chi connectivity index (χ3n) is 4.09. The van der Waals surface area contributed by atoms with E-state index in [0.29, 0.717) is 17.9 Å². The Morgan fingerprint density at radius 1 is 1.12 bits per heavy atom. The number of furan rings is 1. The first-order valence-corrected chi connectivity index (χ1v) is 8.32. The summed E-state index contributed by atoms with van der Waals surface area (Å²) in [6.07, 6.45) is 0. The van der Waals surface area contributed by atoms with E-state index >= 15 is 0 Å². The molecule has 5 nitrogen and oxygen atoms in total. The fourth-order valence-electron chi connectivity index (χ4n) is 2.53. The van der Waals surface area contributed by atoms with Crippen LogP contribution in [0.2, 0.25) is 0 Å². The average molecular weight is 375 g/mol. The molecular formula is C20H23ClN2O3. The Hall–Kier alpha value is -2.50. The second kappa shape index (κ2) is 9.27. The van der Waals surface area contributed by atoms with Crippen molar-refractivity contribution in [1.29, 1.82) is 0 Å². The summed E-state index contributed by atoms with van der Waals surface area (Å²) in [5.41, 5.74) is 1.44. The summed E-state index contributed by atoms with van der Waals surface area (Å²) in [5, 5.41) is 6.88. The van der Waals surface area contributed by atoms with Gasteiger partial charge in [0.25, 0.3) is 5.91 Å². The fourth-order valence-corrected chi connectivity index (χ4v) is 2.53. The second-order valence-corrected chi connectivity index (χ2v) is 5.91. The van der Waals surface area contributed by atoms with E-state index in [1.807, 2.05) is 68.6 Å². The standard InChI is InChI=1S/C20H22N2O3.ClH/c1-14(21-2)12-22-20(23)19-17(13-24-15-8-4-3-5-9-15)16-10-6-7-11-18(16)25-19;/h3-11,14,21H,12-13H2,1-2H3,(H,22,23);1H. The van der Waals surface area contributed by atoms with E-state index in [9.17, 15) is 4.79 Å². The third-order valence-corrected chi connectivity index (χ3v) is 4.09. The molecule has 3 aromatic rings. The van der Waals surface area contributed by atoms with E-state index in [1.54, 1.807) is 0 Å². The molecule has 2 N–H and O–H groups in total. The van der Waals surface area contributed by atoms with Gasteiger partial charge in [-0.15, -0.1) is 12.4 Å². The van der Waals surface area contributed by atoms with E-state index in [4.69, 9.17) is 9.15 Å². The molecular weight excluding hydrogens is 352 g/mol. The second-order valence-electron chi connectivity index (χ2n) is 5.91. The topological polar surface area (TPSA) is 63.5 Å². The normalized spacial score (nSPS) is 11.6. The molecule has 0 saturated heterocycles. The number of benzene rings is 2. The Kier molecular flexibility index (Phi) is 7.06. The number of ether oxygens (including phenoxy) is 1. The highest BCUT2D eigenvalue weighted by Crippen LogP contribution is 2.27. The zero-order valence-electron chi connectivity index (χ0n) is 14.8. The van der Waals surface area contributed by atoms with Crippen molar-refractivity contribution in [2.75, 3.05) is 13.6 Å². The summed E-state index contributed by atoms with van der Waals surface area (Å²) in [6, 6.07) is 17.3. The summed E-state index contributed by atoms with van der Waals surface area (Å²) >= 11 is 0. The van der Waals surface area contributed by atoms with Crippen molar-refractivity contribution in [2.24, 2.45) is 0 Å². The monoisotopic (exact) mass is 374 g/mol. The molecule has 6 heteroatoms. The number of para-hydroxylation sites is 2. The molecule has 0 bridgehead atoms. The lowest BCUT2D eigenvalue weighted by molar-refractivity contribution is 0.0921. The third kappa shape index (κ3) is 4.56. The van der Waals surface area contributed by atoms with Crippen molar-refractivity contribution in [3.63, 3.8) is 0 Å². The van der Waals surface area contributed by atoms with Gasteiger partial charge in [0.2, 0.25) is 0 Å². The van der Waals surface area contributed by atoms with Gasteiger partial charge in [-0.1, -0.05) is 36.4 Å². The molecule has 0 spiro atoms. The quantitative estimate of drug-likeness (QED) is 0.660. The number of amides is 1. The predicted octanol–water partition coefficient (Wildman–Crippen LogP) is 3.77. The number of likely N-dealkylation sites (N-methyl/N-ethyl adjacent to an activating group) is 1. The first-order chi connectivity index (χ1) is 12.2. The summed E-state index contributed by atoms with van der Waals surface area (Å²) in [5.74, 6) is 0.827. The van der Waals surface area contributed by atoms with Crippen LogP contribution in [-0.4, -0.2) is 25.5 Å². The van der Waals surface area contributed by atoms with E-state index in [0.717, 1.165) is 16.7 Å². The molecule has 138 valence electrons. The van der Waals surface area contributed by atoms with Gasteiger partial charge < -0.3 is 19.8 Å². The zero-order valence-corrected chi connectivity index (χ0v) is 15.6. The summed E-state index contributed by atoms with van der Waals surface area (Å²) in [4.78, 5) is 12.6.